The largest absolute Gasteiger partial charge is 0.478 e. The molecule has 0 bridgehead atoms. The van der Waals surface area contributed by atoms with Crippen LogP contribution in [0, 0.1) is 10.5 Å². The van der Waals surface area contributed by atoms with Gasteiger partial charge in [-0.3, -0.25) is 0 Å². The summed E-state index contributed by atoms with van der Waals surface area (Å²) in [7, 11) is 0. The Hall–Kier alpha value is -0.300. The van der Waals surface area contributed by atoms with Crippen molar-refractivity contribution in [1.82, 2.24) is 0 Å². The van der Waals surface area contributed by atoms with Gasteiger partial charge in [0, 0.05) is 10.2 Å². The second-order valence-electron chi connectivity index (χ2n) is 2.58. The van der Waals surface area contributed by atoms with Gasteiger partial charge in [-0.15, -0.1) is 0 Å². The van der Waals surface area contributed by atoms with E-state index in [1.807, 2.05) is 29.5 Å². The van der Waals surface area contributed by atoms with Crippen LogP contribution in [0.25, 0.3) is 0 Å². The Labute approximate surface area is 97.6 Å². The summed E-state index contributed by atoms with van der Waals surface area (Å²) in [6.07, 6.45) is 0. The van der Waals surface area contributed by atoms with Crippen molar-refractivity contribution >= 4 is 50.2 Å². The lowest BCUT2D eigenvalue weighted by Gasteiger charge is -2.08. The average molecular weight is 356 g/mol. The maximum absolute atomic E-state index is 10.8. The molecule has 0 saturated carbocycles. The van der Waals surface area contributed by atoms with Gasteiger partial charge in [0.05, 0.1) is 9.13 Å². The molecule has 0 aromatic heterocycles. The minimum absolute atomic E-state index is 0.226. The molecule has 3 N–H and O–H groups in total. The van der Waals surface area contributed by atoms with E-state index >= 15 is 0 Å². The summed E-state index contributed by atoms with van der Waals surface area (Å²) in [6, 6.07) is 1.71. The molecule has 1 aromatic rings. The zero-order valence-electron chi connectivity index (χ0n) is 6.77. The first-order chi connectivity index (χ1) is 5.95. The number of carbonyl (C=O) groups is 1. The molecule has 5 heteroatoms. The zero-order chi connectivity index (χ0) is 10.2. The van der Waals surface area contributed by atoms with E-state index in [9.17, 15) is 4.79 Å². The predicted octanol–water partition coefficient (Wildman–Crippen LogP) is 2.64. The first-order valence-corrected chi connectivity index (χ1v) is 5.29. The summed E-state index contributed by atoms with van der Waals surface area (Å²) in [5.41, 5.74) is 7.33. The third-order valence-corrected chi connectivity index (χ3v) is 3.42. The Morgan fingerprint density at radius 2 is 2.23 bits per heavy atom. The Bertz CT molecular complexity index is 379. The number of aryl methyl sites for hydroxylation is 1. The maximum Gasteiger partial charge on any atom is 0.338 e. The van der Waals surface area contributed by atoms with Gasteiger partial charge in [-0.1, -0.05) is 0 Å². The standard InChI is InChI=1S/C8H7BrINO2/c1-3-2-4(9)5(8(12)13)6(10)7(3)11/h2H,11H2,1H3,(H,12,13). The normalized spacial score (nSPS) is 10.1. The molecule has 1 rings (SSSR count). The number of nitrogen functional groups attached to an aromatic ring is 1. The molecule has 3 nitrogen and oxygen atoms in total. The first kappa shape index (κ1) is 10.8. The van der Waals surface area contributed by atoms with E-state index in [4.69, 9.17) is 10.8 Å². The molecule has 0 saturated heterocycles. The molecule has 0 atom stereocenters. The predicted molar refractivity (Wildman–Crippen MR) is 63.0 cm³/mol. The lowest BCUT2D eigenvalue weighted by Crippen LogP contribution is -2.05. The molecule has 0 fully saturated rings. The van der Waals surface area contributed by atoms with Gasteiger partial charge < -0.3 is 10.8 Å². The lowest BCUT2D eigenvalue weighted by atomic mass is 10.1. The third-order valence-electron chi connectivity index (χ3n) is 1.68. The van der Waals surface area contributed by atoms with Crippen molar-refractivity contribution in [3.05, 3.63) is 25.2 Å². The van der Waals surface area contributed by atoms with Crippen molar-refractivity contribution in [3.63, 3.8) is 0 Å². The van der Waals surface area contributed by atoms with E-state index in [1.165, 1.54) is 0 Å². The van der Waals surface area contributed by atoms with Crippen molar-refractivity contribution in [1.29, 1.82) is 0 Å². The van der Waals surface area contributed by atoms with Crippen LogP contribution in [0.1, 0.15) is 15.9 Å². The average Bonchev–Trinajstić information content (AvgIpc) is 1.99. The highest BCUT2D eigenvalue weighted by molar-refractivity contribution is 14.1. The number of benzene rings is 1. The summed E-state index contributed by atoms with van der Waals surface area (Å²) >= 11 is 5.13. The fourth-order valence-corrected chi connectivity index (χ4v) is 2.98. The molecule has 0 aliphatic carbocycles. The SMILES string of the molecule is Cc1cc(Br)c(C(=O)O)c(I)c1N. The van der Waals surface area contributed by atoms with Crippen LogP contribution in [-0.2, 0) is 0 Å². The number of hydrogen-bond acceptors (Lipinski definition) is 2. The number of carboxylic acids is 1. The van der Waals surface area contributed by atoms with E-state index in [2.05, 4.69) is 15.9 Å². The summed E-state index contributed by atoms with van der Waals surface area (Å²) in [5.74, 6) is -0.969. The molecule has 0 heterocycles. The zero-order valence-corrected chi connectivity index (χ0v) is 10.5. The number of aromatic carboxylic acids is 1. The van der Waals surface area contributed by atoms with Crippen molar-refractivity contribution < 1.29 is 9.90 Å². The van der Waals surface area contributed by atoms with Crippen LogP contribution < -0.4 is 5.73 Å². The number of halogens is 2. The molecule has 0 spiro atoms. The van der Waals surface area contributed by atoms with Gasteiger partial charge in [0.2, 0.25) is 0 Å². The van der Waals surface area contributed by atoms with Crippen molar-refractivity contribution in [3.8, 4) is 0 Å². The first-order valence-electron chi connectivity index (χ1n) is 3.42. The van der Waals surface area contributed by atoms with Gasteiger partial charge >= 0.3 is 5.97 Å². The van der Waals surface area contributed by atoms with E-state index in [1.54, 1.807) is 6.07 Å². The number of anilines is 1. The highest BCUT2D eigenvalue weighted by atomic mass is 127. The van der Waals surface area contributed by atoms with E-state index < -0.39 is 5.97 Å². The van der Waals surface area contributed by atoms with Gasteiger partial charge in [0.25, 0.3) is 0 Å². The van der Waals surface area contributed by atoms with Crippen molar-refractivity contribution in [2.24, 2.45) is 0 Å². The summed E-state index contributed by atoms with van der Waals surface area (Å²) < 4.78 is 1.15. The molecule has 0 radical (unpaired) electrons. The maximum atomic E-state index is 10.8. The lowest BCUT2D eigenvalue weighted by molar-refractivity contribution is 0.0695. The number of nitrogens with two attached hydrogens (primary N) is 1. The Morgan fingerprint density at radius 3 is 2.69 bits per heavy atom. The molecule has 13 heavy (non-hydrogen) atoms. The number of carboxylic acid groups (broad SMARTS) is 1. The van der Waals surface area contributed by atoms with Crippen LogP contribution in [-0.4, -0.2) is 11.1 Å². The fraction of sp³-hybridized carbons (Fsp3) is 0.125. The fourth-order valence-electron chi connectivity index (χ4n) is 0.949. The van der Waals surface area contributed by atoms with Gasteiger partial charge in [-0.25, -0.2) is 4.79 Å². The van der Waals surface area contributed by atoms with Crippen LogP contribution in [0.4, 0.5) is 5.69 Å². The van der Waals surface area contributed by atoms with Crippen molar-refractivity contribution in [2.75, 3.05) is 5.73 Å². The summed E-state index contributed by atoms with van der Waals surface area (Å²) in [5, 5.41) is 8.87. The minimum Gasteiger partial charge on any atom is -0.478 e. The Kier molecular flexibility index (Phi) is 3.18. The summed E-state index contributed by atoms with van der Waals surface area (Å²) in [6.45, 7) is 1.84. The molecule has 0 aliphatic rings. The highest BCUT2D eigenvalue weighted by Crippen LogP contribution is 2.30. The monoisotopic (exact) mass is 355 g/mol. The van der Waals surface area contributed by atoms with Crippen LogP contribution in [0.5, 0.6) is 0 Å². The molecule has 70 valence electrons. The van der Waals surface area contributed by atoms with Gasteiger partial charge in [-0.2, -0.15) is 0 Å². The van der Waals surface area contributed by atoms with Crippen molar-refractivity contribution in [2.45, 2.75) is 6.92 Å². The Balaban J connectivity index is 3.53. The van der Waals surface area contributed by atoms with Crippen LogP contribution in [0.2, 0.25) is 0 Å². The number of hydrogen-bond donors (Lipinski definition) is 2. The van der Waals surface area contributed by atoms with E-state index in [0.717, 1.165) is 5.56 Å². The van der Waals surface area contributed by atoms with Crippen LogP contribution >= 0.6 is 38.5 Å². The van der Waals surface area contributed by atoms with E-state index in [-0.39, 0.29) is 5.56 Å². The van der Waals surface area contributed by atoms with E-state index in [0.29, 0.717) is 13.7 Å². The smallest absolute Gasteiger partial charge is 0.338 e. The summed E-state index contributed by atoms with van der Waals surface area (Å²) in [4.78, 5) is 10.8. The molecule has 0 aliphatic heterocycles. The van der Waals surface area contributed by atoms with Crippen LogP contribution in [0.15, 0.2) is 10.5 Å². The second-order valence-corrected chi connectivity index (χ2v) is 4.52. The molecule has 1 aromatic carbocycles. The second kappa shape index (κ2) is 3.83. The topological polar surface area (TPSA) is 63.3 Å². The highest BCUT2D eigenvalue weighted by Gasteiger charge is 2.16. The third kappa shape index (κ3) is 1.96. The Morgan fingerprint density at radius 1 is 1.69 bits per heavy atom. The van der Waals surface area contributed by atoms with Crippen LogP contribution in [0.3, 0.4) is 0 Å². The number of rotatable bonds is 1. The van der Waals surface area contributed by atoms with Gasteiger partial charge in [-0.05, 0) is 57.1 Å². The van der Waals surface area contributed by atoms with Gasteiger partial charge in [0.15, 0.2) is 0 Å². The van der Waals surface area contributed by atoms with Gasteiger partial charge in [0.1, 0.15) is 0 Å². The molecular formula is C8H7BrINO2. The molecule has 0 amide bonds. The quantitative estimate of drug-likeness (QED) is 0.601. The molecular weight excluding hydrogens is 349 g/mol. The minimum atomic E-state index is -0.969. The molecule has 0 unspecified atom stereocenters.